The van der Waals surface area contributed by atoms with Gasteiger partial charge >= 0.3 is 5.97 Å². The quantitative estimate of drug-likeness (QED) is 0.473. The topological polar surface area (TPSA) is 87.0 Å². The highest BCUT2D eigenvalue weighted by Crippen LogP contribution is 2.21. The first-order valence-electron chi connectivity index (χ1n) is 5.97. The van der Waals surface area contributed by atoms with Gasteiger partial charge in [-0.05, 0) is 31.3 Å². The first-order valence-corrected chi connectivity index (χ1v) is 5.97. The van der Waals surface area contributed by atoms with E-state index in [0.717, 1.165) is 32.1 Å². The summed E-state index contributed by atoms with van der Waals surface area (Å²) in [4.78, 5) is 11.7. The van der Waals surface area contributed by atoms with Crippen LogP contribution >= 0.6 is 0 Å². The van der Waals surface area contributed by atoms with Gasteiger partial charge in [0.25, 0.3) is 0 Å². The third kappa shape index (κ3) is 4.11. The molecule has 0 bridgehead atoms. The van der Waals surface area contributed by atoms with E-state index >= 15 is 0 Å². The third-order valence-electron chi connectivity index (χ3n) is 3.04. The predicted octanol–water partition coefficient (Wildman–Crippen LogP) is 0.136. The van der Waals surface area contributed by atoms with Gasteiger partial charge in [-0.15, -0.1) is 0 Å². The Morgan fingerprint density at radius 1 is 1.00 bits per heavy atom. The van der Waals surface area contributed by atoms with Crippen LogP contribution in [-0.2, 0) is 9.53 Å². The molecular weight excluding hydrogens is 224 g/mol. The Labute approximate surface area is 101 Å². The zero-order valence-corrected chi connectivity index (χ0v) is 9.89. The molecule has 5 nitrogen and oxygen atoms in total. The summed E-state index contributed by atoms with van der Waals surface area (Å²) in [6.07, 6.45) is 4.84. The average Bonchev–Trinajstić information content (AvgIpc) is 2.36. The van der Waals surface area contributed by atoms with Crippen molar-refractivity contribution in [3.05, 3.63) is 11.1 Å². The van der Waals surface area contributed by atoms with Crippen LogP contribution in [0.1, 0.15) is 32.1 Å². The van der Waals surface area contributed by atoms with Gasteiger partial charge in [0.05, 0.1) is 25.4 Å². The van der Waals surface area contributed by atoms with Gasteiger partial charge in [0, 0.05) is 0 Å². The number of rotatable bonds is 5. The minimum absolute atomic E-state index is 0.0272. The normalized spacial score (nSPS) is 16.6. The molecule has 0 aromatic carbocycles. The largest absolute Gasteiger partial charge is 0.459 e. The van der Waals surface area contributed by atoms with E-state index in [4.69, 9.17) is 20.1 Å². The molecule has 1 saturated carbocycles. The second-order valence-electron chi connectivity index (χ2n) is 4.22. The lowest BCUT2D eigenvalue weighted by Crippen LogP contribution is -2.24. The van der Waals surface area contributed by atoms with Crippen LogP contribution in [0, 0.1) is 0 Å². The molecule has 1 rings (SSSR count). The summed E-state index contributed by atoms with van der Waals surface area (Å²) in [5, 5.41) is 27.0. The molecule has 0 saturated heterocycles. The van der Waals surface area contributed by atoms with Crippen molar-refractivity contribution < 1.29 is 24.9 Å². The van der Waals surface area contributed by atoms with Crippen LogP contribution in [-0.4, -0.2) is 47.2 Å². The van der Waals surface area contributed by atoms with Crippen molar-refractivity contribution in [3.63, 3.8) is 0 Å². The maximum absolute atomic E-state index is 11.7. The van der Waals surface area contributed by atoms with E-state index in [1.165, 1.54) is 0 Å². The van der Waals surface area contributed by atoms with Crippen molar-refractivity contribution in [3.8, 4) is 0 Å². The monoisotopic (exact) mass is 244 g/mol. The SMILES string of the molecule is O=C(OC1CCCCC1)C(CO)=C(CO)CO. The summed E-state index contributed by atoms with van der Waals surface area (Å²) in [6, 6.07) is 0. The lowest BCUT2D eigenvalue weighted by atomic mass is 9.97. The van der Waals surface area contributed by atoms with Crippen molar-refractivity contribution in [2.45, 2.75) is 38.2 Å². The highest BCUT2D eigenvalue weighted by atomic mass is 16.5. The summed E-state index contributed by atoms with van der Waals surface area (Å²) in [6.45, 7) is -1.43. The second kappa shape index (κ2) is 7.42. The van der Waals surface area contributed by atoms with E-state index in [9.17, 15) is 4.79 Å². The Kier molecular flexibility index (Phi) is 6.18. The molecule has 0 aromatic rings. The second-order valence-corrected chi connectivity index (χ2v) is 4.22. The van der Waals surface area contributed by atoms with Gasteiger partial charge in [-0.25, -0.2) is 4.79 Å². The molecule has 0 atom stereocenters. The molecule has 0 radical (unpaired) electrons. The van der Waals surface area contributed by atoms with E-state index in [0.29, 0.717) is 0 Å². The molecule has 1 fully saturated rings. The van der Waals surface area contributed by atoms with Gasteiger partial charge in [0.15, 0.2) is 0 Å². The van der Waals surface area contributed by atoms with Gasteiger partial charge in [-0.1, -0.05) is 6.42 Å². The Bertz CT molecular complexity index is 273. The number of aliphatic hydroxyl groups excluding tert-OH is 3. The molecule has 1 aliphatic carbocycles. The number of ether oxygens (including phenoxy) is 1. The summed E-state index contributed by atoms with van der Waals surface area (Å²) in [5.41, 5.74) is 0.0916. The Morgan fingerprint density at radius 2 is 1.59 bits per heavy atom. The van der Waals surface area contributed by atoms with E-state index in [-0.39, 0.29) is 17.3 Å². The van der Waals surface area contributed by atoms with E-state index in [1.807, 2.05) is 0 Å². The van der Waals surface area contributed by atoms with Gasteiger partial charge < -0.3 is 20.1 Å². The summed E-state index contributed by atoms with van der Waals surface area (Å²) in [5.74, 6) is -0.627. The van der Waals surface area contributed by atoms with Crippen LogP contribution in [0.15, 0.2) is 11.1 Å². The Morgan fingerprint density at radius 3 is 2.06 bits per heavy atom. The van der Waals surface area contributed by atoms with Crippen molar-refractivity contribution in [1.82, 2.24) is 0 Å². The first-order chi connectivity index (χ1) is 8.22. The van der Waals surface area contributed by atoms with Crippen molar-refractivity contribution in [2.24, 2.45) is 0 Å². The minimum atomic E-state index is -0.627. The van der Waals surface area contributed by atoms with Crippen LogP contribution in [0.25, 0.3) is 0 Å². The number of carbonyl (C=O) groups excluding carboxylic acids is 1. The molecule has 0 amide bonds. The maximum Gasteiger partial charge on any atom is 0.336 e. The summed E-state index contributed by atoms with van der Waals surface area (Å²) < 4.78 is 5.25. The maximum atomic E-state index is 11.7. The number of carbonyl (C=O) groups is 1. The van der Waals surface area contributed by atoms with E-state index in [2.05, 4.69) is 0 Å². The zero-order chi connectivity index (χ0) is 12.7. The molecule has 17 heavy (non-hydrogen) atoms. The van der Waals surface area contributed by atoms with Crippen molar-refractivity contribution >= 4 is 5.97 Å². The highest BCUT2D eigenvalue weighted by molar-refractivity contribution is 5.89. The first kappa shape index (κ1) is 14.2. The number of esters is 1. The highest BCUT2D eigenvalue weighted by Gasteiger charge is 2.21. The molecular formula is C12H20O5. The fourth-order valence-corrected chi connectivity index (χ4v) is 1.97. The van der Waals surface area contributed by atoms with Crippen molar-refractivity contribution in [1.29, 1.82) is 0 Å². The van der Waals surface area contributed by atoms with Gasteiger partial charge in [-0.2, -0.15) is 0 Å². The molecule has 1 aliphatic rings. The van der Waals surface area contributed by atoms with Gasteiger partial charge in [-0.3, -0.25) is 0 Å². The average molecular weight is 244 g/mol. The Hall–Kier alpha value is -0.910. The fourth-order valence-electron chi connectivity index (χ4n) is 1.97. The molecule has 5 heteroatoms. The van der Waals surface area contributed by atoms with Crippen LogP contribution in [0.5, 0.6) is 0 Å². The molecule has 3 N–H and O–H groups in total. The van der Waals surface area contributed by atoms with E-state index in [1.54, 1.807) is 0 Å². The zero-order valence-electron chi connectivity index (χ0n) is 9.89. The number of hydrogen-bond donors (Lipinski definition) is 3. The third-order valence-corrected chi connectivity index (χ3v) is 3.04. The molecule has 0 unspecified atom stereocenters. The van der Waals surface area contributed by atoms with Gasteiger partial charge in [0.2, 0.25) is 0 Å². The summed E-state index contributed by atoms with van der Waals surface area (Å²) >= 11 is 0. The molecule has 0 aromatic heterocycles. The molecule has 0 heterocycles. The summed E-state index contributed by atoms with van der Waals surface area (Å²) in [7, 11) is 0. The molecule has 98 valence electrons. The van der Waals surface area contributed by atoms with Crippen LogP contribution in [0.2, 0.25) is 0 Å². The standard InChI is InChI=1S/C12H20O5/c13-6-9(7-14)11(8-15)12(16)17-10-4-2-1-3-5-10/h10,13-15H,1-8H2. The lowest BCUT2D eigenvalue weighted by Gasteiger charge is -2.22. The number of hydrogen-bond acceptors (Lipinski definition) is 5. The fraction of sp³-hybridized carbons (Fsp3) is 0.750. The predicted molar refractivity (Wildman–Crippen MR) is 61.2 cm³/mol. The van der Waals surface area contributed by atoms with Crippen LogP contribution in [0.4, 0.5) is 0 Å². The smallest absolute Gasteiger partial charge is 0.336 e. The lowest BCUT2D eigenvalue weighted by molar-refractivity contribution is -0.146. The van der Waals surface area contributed by atoms with Crippen LogP contribution in [0.3, 0.4) is 0 Å². The molecule has 0 spiro atoms. The molecule has 0 aliphatic heterocycles. The van der Waals surface area contributed by atoms with Gasteiger partial charge in [0.1, 0.15) is 6.10 Å². The Balaban J connectivity index is 2.62. The number of aliphatic hydroxyl groups is 3. The minimum Gasteiger partial charge on any atom is -0.459 e. The van der Waals surface area contributed by atoms with E-state index < -0.39 is 25.8 Å². The van der Waals surface area contributed by atoms with Crippen LogP contribution < -0.4 is 0 Å². The van der Waals surface area contributed by atoms with Crippen molar-refractivity contribution in [2.75, 3.05) is 19.8 Å².